The van der Waals surface area contributed by atoms with Gasteiger partial charge in [0.1, 0.15) is 0 Å². The molecule has 1 aliphatic heterocycles. The van der Waals surface area contributed by atoms with Crippen LogP contribution >= 0.6 is 0 Å². The summed E-state index contributed by atoms with van der Waals surface area (Å²) in [4.78, 5) is 13.4. The molecule has 5 aliphatic rings. The van der Waals surface area contributed by atoms with E-state index >= 15 is 0 Å². The summed E-state index contributed by atoms with van der Waals surface area (Å²) < 4.78 is 13.1. The second-order valence-electron chi connectivity index (χ2n) is 14.6. The molecule has 5 rings (SSSR count). The maximum atomic E-state index is 13.4. The number of carbonyl (C=O) groups is 1. The first-order valence-corrected chi connectivity index (χ1v) is 14.2. The zero-order valence-electron chi connectivity index (χ0n) is 23.4. The Labute approximate surface area is 216 Å². The van der Waals surface area contributed by atoms with Crippen molar-refractivity contribution in [2.24, 2.45) is 28.6 Å². The number of ether oxygens (including phenoxy) is 2. The van der Waals surface area contributed by atoms with E-state index in [9.17, 15) is 20.1 Å². The largest absolute Gasteiger partial charge is 0.393 e. The predicted octanol–water partition coefficient (Wildman–Crippen LogP) is 4.68. The molecule has 0 spiro atoms. The van der Waals surface area contributed by atoms with E-state index in [0.717, 1.165) is 37.7 Å². The van der Waals surface area contributed by atoms with Gasteiger partial charge >= 0.3 is 0 Å². The van der Waals surface area contributed by atoms with Crippen LogP contribution in [0.5, 0.6) is 0 Å². The molecule has 6 nitrogen and oxygen atoms in total. The van der Waals surface area contributed by atoms with Gasteiger partial charge in [0, 0.05) is 11.3 Å². The molecule has 3 N–H and O–H groups in total. The van der Waals surface area contributed by atoms with Crippen molar-refractivity contribution in [1.82, 2.24) is 0 Å². The molecular formula is C30H48O6. The Balaban J connectivity index is 1.50. The van der Waals surface area contributed by atoms with Crippen LogP contribution in [0.2, 0.25) is 0 Å². The minimum atomic E-state index is -1.06. The van der Waals surface area contributed by atoms with Gasteiger partial charge in [-0.2, -0.15) is 0 Å². The molecule has 3 saturated carbocycles. The smallest absolute Gasteiger partial charge is 0.164 e. The number of hydrogen-bond acceptors (Lipinski definition) is 6. The van der Waals surface area contributed by atoms with E-state index in [1.165, 1.54) is 0 Å². The van der Waals surface area contributed by atoms with Crippen LogP contribution in [0.4, 0.5) is 0 Å². The lowest BCUT2D eigenvalue weighted by molar-refractivity contribution is -0.190. The van der Waals surface area contributed by atoms with Crippen LogP contribution < -0.4 is 0 Å². The molecule has 204 valence electrons. The number of aliphatic hydroxyl groups excluding tert-OH is 1. The second-order valence-corrected chi connectivity index (χ2v) is 14.6. The number of aliphatic hydroxyl groups is 3. The molecule has 0 bridgehead atoms. The van der Waals surface area contributed by atoms with Crippen molar-refractivity contribution >= 4 is 5.78 Å². The molecule has 36 heavy (non-hydrogen) atoms. The third-order valence-corrected chi connectivity index (χ3v) is 11.3. The van der Waals surface area contributed by atoms with Gasteiger partial charge in [-0.3, -0.25) is 4.79 Å². The van der Waals surface area contributed by atoms with Gasteiger partial charge in [0.25, 0.3) is 0 Å². The number of hydrogen-bond donors (Lipinski definition) is 3. The summed E-state index contributed by atoms with van der Waals surface area (Å²) in [7, 11) is 0. The predicted molar refractivity (Wildman–Crippen MR) is 137 cm³/mol. The Bertz CT molecular complexity index is 950. The number of allylic oxidation sites excluding steroid dienone is 1. The summed E-state index contributed by atoms with van der Waals surface area (Å²) in [5, 5.41) is 33.3. The highest BCUT2D eigenvalue weighted by molar-refractivity contribution is 5.95. The summed E-state index contributed by atoms with van der Waals surface area (Å²) in [5.41, 5.74) is -2.17. The van der Waals surface area contributed by atoms with Gasteiger partial charge in [0.05, 0.1) is 29.0 Å². The van der Waals surface area contributed by atoms with E-state index < -0.39 is 34.1 Å². The first-order chi connectivity index (χ1) is 16.5. The quantitative estimate of drug-likeness (QED) is 0.514. The fourth-order valence-corrected chi connectivity index (χ4v) is 9.44. The topological polar surface area (TPSA) is 96.2 Å². The lowest BCUT2D eigenvalue weighted by atomic mass is 9.46. The van der Waals surface area contributed by atoms with Crippen LogP contribution in [0.15, 0.2) is 11.6 Å². The molecule has 1 saturated heterocycles. The molecule has 1 heterocycles. The standard InChI is InChI=1S/C30H48O6/c1-25(2,33)12-11-24-29(7,36-26(3,4)35-24)23-10-15-30(34)20-17-22(32)21-16-18(31)8-13-27(21,5)19(20)9-14-28(23,30)6/h17-19,21,23-24,31,33-34H,8-16H2,1-7H3/t18-,19-,21+,23-,24+,27+,28+,29+,30+/m0/s1. The van der Waals surface area contributed by atoms with E-state index in [4.69, 9.17) is 9.47 Å². The number of fused-ring (bicyclic) bond motifs is 5. The van der Waals surface area contributed by atoms with Crippen molar-refractivity contribution in [3.63, 3.8) is 0 Å². The second kappa shape index (κ2) is 8.11. The van der Waals surface area contributed by atoms with E-state index in [2.05, 4.69) is 20.8 Å². The molecular weight excluding hydrogens is 456 g/mol. The summed E-state index contributed by atoms with van der Waals surface area (Å²) in [5.74, 6) is -0.591. The molecule has 6 heteroatoms. The van der Waals surface area contributed by atoms with Gasteiger partial charge in [0.15, 0.2) is 11.6 Å². The fourth-order valence-electron chi connectivity index (χ4n) is 9.44. The Morgan fingerprint density at radius 1 is 1.03 bits per heavy atom. The van der Waals surface area contributed by atoms with Crippen molar-refractivity contribution < 1.29 is 29.6 Å². The lowest BCUT2D eigenvalue weighted by Crippen LogP contribution is -2.61. The molecule has 9 atom stereocenters. The number of ketones is 1. The Kier molecular flexibility index (Phi) is 6.04. The van der Waals surface area contributed by atoms with Gasteiger partial charge in [-0.15, -0.1) is 0 Å². The van der Waals surface area contributed by atoms with Crippen molar-refractivity contribution in [2.75, 3.05) is 0 Å². The maximum absolute atomic E-state index is 13.4. The zero-order valence-corrected chi connectivity index (χ0v) is 23.4. The molecule has 4 fully saturated rings. The van der Waals surface area contributed by atoms with Crippen molar-refractivity contribution in [3.05, 3.63) is 11.6 Å². The molecule has 0 aromatic heterocycles. The number of carbonyl (C=O) groups excluding carboxylic acids is 1. The van der Waals surface area contributed by atoms with Gasteiger partial charge in [-0.25, -0.2) is 0 Å². The Morgan fingerprint density at radius 2 is 1.72 bits per heavy atom. The SMILES string of the molecule is CC(C)(O)CC[C@H]1OC(C)(C)O[C@]1(C)[C@H]1CC[C@@]2(O)C3=CC(=O)[C@H]4C[C@@H](O)CC[C@]4(C)[C@H]3CC[C@]12C. The van der Waals surface area contributed by atoms with Gasteiger partial charge < -0.3 is 24.8 Å². The minimum Gasteiger partial charge on any atom is -0.393 e. The first kappa shape index (κ1) is 26.8. The molecule has 0 unspecified atom stereocenters. The van der Waals surface area contributed by atoms with Crippen LogP contribution in [-0.2, 0) is 14.3 Å². The number of rotatable bonds is 4. The van der Waals surface area contributed by atoms with E-state index in [1.807, 2.05) is 27.7 Å². The van der Waals surface area contributed by atoms with Gasteiger partial charge in [-0.05, 0) is 121 Å². The summed E-state index contributed by atoms with van der Waals surface area (Å²) in [6, 6.07) is 0. The first-order valence-electron chi connectivity index (χ1n) is 14.2. The fraction of sp³-hybridized carbons (Fsp3) is 0.900. The molecule has 0 aromatic carbocycles. The van der Waals surface area contributed by atoms with Crippen molar-refractivity contribution in [2.45, 2.75) is 141 Å². The lowest BCUT2D eigenvalue weighted by Gasteiger charge is -2.60. The molecule has 0 radical (unpaired) electrons. The Hall–Kier alpha value is -0.790. The highest BCUT2D eigenvalue weighted by Gasteiger charge is 2.71. The van der Waals surface area contributed by atoms with Gasteiger partial charge in [-0.1, -0.05) is 13.8 Å². The summed E-state index contributed by atoms with van der Waals surface area (Å²) in [6.07, 6.45) is 7.78. The third kappa shape index (κ3) is 3.80. The van der Waals surface area contributed by atoms with E-state index in [0.29, 0.717) is 25.7 Å². The van der Waals surface area contributed by atoms with Crippen molar-refractivity contribution in [3.8, 4) is 0 Å². The highest BCUT2D eigenvalue weighted by Crippen LogP contribution is 2.69. The minimum absolute atomic E-state index is 0.0549. The average Bonchev–Trinajstić information content (AvgIpc) is 3.17. The van der Waals surface area contributed by atoms with Crippen molar-refractivity contribution in [1.29, 1.82) is 0 Å². The third-order valence-electron chi connectivity index (χ3n) is 11.3. The highest BCUT2D eigenvalue weighted by atomic mass is 16.8. The molecule has 0 amide bonds. The maximum Gasteiger partial charge on any atom is 0.164 e. The van der Waals surface area contributed by atoms with E-state index in [-0.39, 0.29) is 35.1 Å². The van der Waals surface area contributed by atoms with Crippen LogP contribution in [0.1, 0.15) is 106 Å². The van der Waals surface area contributed by atoms with Crippen LogP contribution in [-0.4, -0.2) is 55.9 Å². The summed E-state index contributed by atoms with van der Waals surface area (Å²) in [6.45, 7) is 14.1. The van der Waals surface area contributed by atoms with Crippen LogP contribution in [0.25, 0.3) is 0 Å². The van der Waals surface area contributed by atoms with E-state index in [1.54, 1.807) is 6.08 Å². The molecule has 0 aromatic rings. The van der Waals surface area contributed by atoms with Gasteiger partial charge in [0.2, 0.25) is 0 Å². The average molecular weight is 505 g/mol. The van der Waals surface area contributed by atoms with Crippen LogP contribution in [0, 0.1) is 28.6 Å². The Morgan fingerprint density at radius 3 is 2.39 bits per heavy atom. The molecule has 4 aliphatic carbocycles. The monoisotopic (exact) mass is 504 g/mol. The zero-order chi connectivity index (χ0) is 26.5. The van der Waals surface area contributed by atoms with Crippen LogP contribution in [0.3, 0.4) is 0 Å². The normalized spacial score (nSPS) is 50.3. The summed E-state index contributed by atoms with van der Waals surface area (Å²) >= 11 is 0.